The van der Waals surface area contributed by atoms with Crippen molar-refractivity contribution >= 4 is 5.97 Å². The van der Waals surface area contributed by atoms with E-state index >= 15 is 0 Å². The monoisotopic (exact) mass is 332 g/mol. The third-order valence-corrected chi connectivity index (χ3v) is 6.27. The van der Waals surface area contributed by atoms with Gasteiger partial charge in [0, 0.05) is 6.42 Å². The number of rotatable bonds is 4. The standard InChI is InChI=1S/C20H28O4/c1-20(24,14-5-3-6-14)11-10-16-17-12-13(4-2-7-19(22)23)15(17)8-9-18(16)21/h4,14-18,21,24H,2-3,5-9,12H2,1H3,(H,22,23)/t15-,16-,17+,18-,20?/m1/s1. The molecular formula is C20H28O4. The lowest BCUT2D eigenvalue weighted by Crippen LogP contribution is -2.45. The van der Waals surface area contributed by atoms with Crippen molar-refractivity contribution in [3.63, 3.8) is 0 Å². The van der Waals surface area contributed by atoms with E-state index in [1.54, 1.807) is 6.92 Å². The maximum Gasteiger partial charge on any atom is 0.303 e. The molecule has 5 atom stereocenters. The van der Waals surface area contributed by atoms with E-state index in [-0.39, 0.29) is 18.3 Å². The number of carboxylic acid groups (broad SMARTS) is 1. The van der Waals surface area contributed by atoms with Gasteiger partial charge in [-0.3, -0.25) is 4.79 Å². The summed E-state index contributed by atoms with van der Waals surface area (Å²) in [6, 6.07) is 0. The zero-order valence-electron chi connectivity index (χ0n) is 14.4. The van der Waals surface area contributed by atoms with Crippen molar-refractivity contribution in [2.24, 2.45) is 23.7 Å². The summed E-state index contributed by atoms with van der Waals surface area (Å²) >= 11 is 0. The molecule has 0 heterocycles. The minimum Gasteiger partial charge on any atom is -0.481 e. The Hall–Kier alpha value is -1.31. The van der Waals surface area contributed by atoms with Crippen LogP contribution in [0.3, 0.4) is 0 Å². The minimum absolute atomic E-state index is 0.0630. The first-order chi connectivity index (χ1) is 11.4. The molecule has 3 fully saturated rings. The van der Waals surface area contributed by atoms with Gasteiger partial charge in [-0.15, -0.1) is 0 Å². The lowest BCUT2D eigenvalue weighted by atomic mass is 9.57. The van der Waals surface area contributed by atoms with Crippen LogP contribution in [0.1, 0.15) is 58.3 Å². The number of hydrogen-bond acceptors (Lipinski definition) is 3. The van der Waals surface area contributed by atoms with E-state index < -0.39 is 17.7 Å². The molecule has 3 N–H and O–H groups in total. The van der Waals surface area contributed by atoms with Gasteiger partial charge in [-0.05, 0) is 63.2 Å². The van der Waals surface area contributed by atoms with Gasteiger partial charge in [-0.2, -0.15) is 0 Å². The van der Waals surface area contributed by atoms with Crippen LogP contribution in [0, 0.1) is 35.5 Å². The maximum absolute atomic E-state index is 10.6. The molecule has 3 rings (SSSR count). The van der Waals surface area contributed by atoms with Crippen LogP contribution in [0.5, 0.6) is 0 Å². The van der Waals surface area contributed by atoms with E-state index in [2.05, 4.69) is 17.9 Å². The number of aliphatic hydroxyl groups excluding tert-OH is 1. The Labute approximate surface area is 144 Å². The van der Waals surface area contributed by atoms with Gasteiger partial charge in [0.15, 0.2) is 0 Å². The summed E-state index contributed by atoms with van der Waals surface area (Å²) in [6.07, 6.45) is 8.29. The fourth-order valence-electron chi connectivity index (χ4n) is 4.39. The van der Waals surface area contributed by atoms with E-state index in [0.29, 0.717) is 18.3 Å². The summed E-state index contributed by atoms with van der Waals surface area (Å²) in [5, 5.41) is 29.6. The summed E-state index contributed by atoms with van der Waals surface area (Å²) in [5.74, 6) is 6.53. The van der Waals surface area contributed by atoms with Crippen LogP contribution in [0.2, 0.25) is 0 Å². The van der Waals surface area contributed by atoms with Crippen LogP contribution < -0.4 is 0 Å². The second-order valence-corrected chi connectivity index (χ2v) is 7.90. The molecule has 0 bridgehead atoms. The first-order valence-corrected chi connectivity index (χ1v) is 9.22. The third kappa shape index (κ3) is 3.53. The molecule has 3 aliphatic rings. The first-order valence-electron chi connectivity index (χ1n) is 9.22. The lowest BCUT2D eigenvalue weighted by Gasteiger charge is -2.48. The zero-order chi connectivity index (χ0) is 17.3. The fraction of sp³-hybridized carbons (Fsp3) is 0.750. The number of aliphatic hydroxyl groups is 2. The highest BCUT2D eigenvalue weighted by molar-refractivity contribution is 5.66. The molecule has 0 aliphatic heterocycles. The van der Waals surface area contributed by atoms with E-state index in [9.17, 15) is 15.0 Å². The largest absolute Gasteiger partial charge is 0.481 e. The average Bonchev–Trinajstić information content (AvgIpc) is 2.40. The predicted octanol–water partition coefficient (Wildman–Crippen LogP) is 2.74. The van der Waals surface area contributed by atoms with Gasteiger partial charge in [0.2, 0.25) is 0 Å². The minimum atomic E-state index is -0.936. The van der Waals surface area contributed by atoms with Gasteiger partial charge in [0.1, 0.15) is 5.60 Å². The van der Waals surface area contributed by atoms with Crippen LogP contribution in [-0.2, 0) is 4.79 Å². The molecule has 0 saturated heterocycles. The Morgan fingerprint density at radius 1 is 1.33 bits per heavy atom. The van der Waals surface area contributed by atoms with Gasteiger partial charge in [-0.25, -0.2) is 0 Å². The molecule has 0 spiro atoms. The maximum atomic E-state index is 10.6. The third-order valence-electron chi connectivity index (χ3n) is 6.27. The quantitative estimate of drug-likeness (QED) is 0.546. The van der Waals surface area contributed by atoms with Crippen molar-refractivity contribution in [1.82, 2.24) is 0 Å². The Morgan fingerprint density at radius 2 is 2.08 bits per heavy atom. The lowest BCUT2D eigenvalue weighted by molar-refractivity contribution is -0.136. The molecule has 3 aliphatic carbocycles. The molecule has 3 saturated carbocycles. The van der Waals surface area contributed by atoms with Crippen LogP contribution in [-0.4, -0.2) is 33.0 Å². The molecule has 4 heteroatoms. The molecule has 0 aromatic heterocycles. The Bertz CT molecular complexity index is 576. The van der Waals surface area contributed by atoms with Crippen LogP contribution in [0.4, 0.5) is 0 Å². The van der Waals surface area contributed by atoms with E-state index in [1.165, 1.54) is 12.0 Å². The van der Waals surface area contributed by atoms with Crippen molar-refractivity contribution in [3.8, 4) is 11.8 Å². The summed E-state index contributed by atoms with van der Waals surface area (Å²) in [6.45, 7) is 1.80. The number of carboxylic acids is 1. The molecular weight excluding hydrogens is 304 g/mol. The SMILES string of the molecule is CC(O)(C#C[C@@H]1[C@H]2CC(=CCCC(=O)O)[C@H]2CC[C@H]1O)C1CCC1. The van der Waals surface area contributed by atoms with Crippen molar-refractivity contribution in [2.45, 2.75) is 70.0 Å². The van der Waals surface area contributed by atoms with E-state index in [1.807, 2.05) is 0 Å². The van der Waals surface area contributed by atoms with E-state index in [0.717, 1.165) is 32.1 Å². The Kier molecular flexibility index (Phi) is 5.03. The molecule has 0 aromatic rings. The fourth-order valence-corrected chi connectivity index (χ4v) is 4.39. The summed E-state index contributed by atoms with van der Waals surface area (Å²) in [5.41, 5.74) is 0.403. The molecule has 132 valence electrons. The van der Waals surface area contributed by atoms with E-state index in [4.69, 9.17) is 5.11 Å². The average molecular weight is 332 g/mol. The summed E-state index contributed by atoms with van der Waals surface area (Å²) in [4.78, 5) is 10.6. The molecule has 0 amide bonds. The molecule has 0 aromatic carbocycles. The molecule has 1 unspecified atom stereocenters. The Morgan fingerprint density at radius 3 is 2.71 bits per heavy atom. The first kappa shape index (κ1) is 17.5. The number of allylic oxidation sites excluding steroid dienone is 2. The van der Waals surface area contributed by atoms with Crippen molar-refractivity contribution in [2.75, 3.05) is 0 Å². The van der Waals surface area contributed by atoms with Gasteiger partial charge >= 0.3 is 5.97 Å². The van der Waals surface area contributed by atoms with Gasteiger partial charge in [0.05, 0.1) is 12.0 Å². The number of aliphatic carboxylic acids is 1. The predicted molar refractivity (Wildman–Crippen MR) is 91.0 cm³/mol. The van der Waals surface area contributed by atoms with Crippen molar-refractivity contribution < 1.29 is 20.1 Å². The highest BCUT2D eigenvalue weighted by Crippen LogP contribution is 2.51. The molecule has 4 nitrogen and oxygen atoms in total. The highest BCUT2D eigenvalue weighted by Gasteiger charge is 2.46. The van der Waals surface area contributed by atoms with Crippen LogP contribution in [0.25, 0.3) is 0 Å². The van der Waals surface area contributed by atoms with Crippen molar-refractivity contribution in [1.29, 1.82) is 0 Å². The Balaban J connectivity index is 1.63. The summed E-state index contributed by atoms with van der Waals surface area (Å²) < 4.78 is 0. The molecule has 0 radical (unpaired) electrons. The molecule has 24 heavy (non-hydrogen) atoms. The van der Waals surface area contributed by atoms with Gasteiger partial charge in [0.25, 0.3) is 0 Å². The number of hydrogen-bond donors (Lipinski definition) is 3. The number of fused-ring (bicyclic) bond motifs is 1. The zero-order valence-corrected chi connectivity index (χ0v) is 14.4. The smallest absolute Gasteiger partial charge is 0.303 e. The number of carbonyl (C=O) groups is 1. The summed E-state index contributed by atoms with van der Waals surface area (Å²) in [7, 11) is 0. The van der Waals surface area contributed by atoms with Crippen LogP contribution in [0.15, 0.2) is 11.6 Å². The van der Waals surface area contributed by atoms with Crippen LogP contribution >= 0.6 is 0 Å². The topological polar surface area (TPSA) is 77.8 Å². The second kappa shape index (κ2) is 6.90. The highest BCUT2D eigenvalue weighted by atomic mass is 16.4. The van der Waals surface area contributed by atoms with Gasteiger partial charge in [-0.1, -0.05) is 29.9 Å². The van der Waals surface area contributed by atoms with Crippen molar-refractivity contribution in [3.05, 3.63) is 11.6 Å². The van der Waals surface area contributed by atoms with Gasteiger partial charge < -0.3 is 15.3 Å². The normalized spacial score (nSPS) is 36.5. The second-order valence-electron chi connectivity index (χ2n) is 7.90.